The lowest BCUT2D eigenvalue weighted by atomic mass is 9.96. The Hall–Kier alpha value is -2.98. The summed E-state index contributed by atoms with van der Waals surface area (Å²) in [5.74, 6) is 1.72. The van der Waals surface area contributed by atoms with E-state index < -0.39 is 10.0 Å². The monoisotopic (exact) mass is 520 g/mol. The molecule has 0 spiro atoms. The first-order chi connectivity index (χ1) is 17.2. The summed E-state index contributed by atoms with van der Waals surface area (Å²) in [6.07, 6.45) is 4.97. The zero-order valence-electron chi connectivity index (χ0n) is 21.6. The summed E-state index contributed by atoms with van der Waals surface area (Å²) >= 11 is 0. The molecular weight excluding hydrogens is 484 g/mol. The number of rotatable bonds is 11. The topological polar surface area (TPSA) is 103 Å². The highest BCUT2D eigenvalue weighted by Crippen LogP contribution is 2.38. The largest absolute Gasteiger partial charge is 0.493 e. The van der Waals surface area contributed by atoms with E-state index in [2.05, 4.69) is 4.72 Å². The van der Waals surface area contributed by atoms with E-state index in [0.717, 1.165) is 37.7 Å². The van der Waals surface area contributed by atoms with Crippen molar-refractivity contribution in [3.05, 3.63) is 41.5 Å². The molecule has 1 saturated carbocycles. The minimum atomic E-state index is -3.61. The quantitative estimate of drug-likeness (QED) is 0.482. The van der Waals surface area contributed by atoms with E-state index >= 15 is 0 Å². The average Bonchev–Trinajstić information content (AvgIpc) is 2.87. The maximum Gasteiger partial charge on any atom is 0.260 e. The summed E-state index contributed by atoms with van der Waals surface area (Å²) in [7, 11) is 2.67. The van der Waals surface area contributed by atoms with Gasteiger partial charge < -0.3 is 23.8 Å². The van der Waals surface area contributed by atoms with Gasteiger partial charge in [-0.15, -0.1) is 0 Å². The van der Waals surface area contributed by atoms with Gasteiger partial charge in [0, 0.05) is 19.6 Å². The molecule has 0 unspecified atom stereocenters. The highest BCUT2D eigenvalue weighted by molar-refractivity contribution is 7.89. The number of hydrogen-bond acceptors (Lipinski definition) is 7. The van der Waals surface area contributed by atoms with Crippen LogP contribution in [0.25, 0.3) is 0 Å². The van der Waals surface area contributed by atoms with Crippen LogP contribution in [-0.4, -0.2) is 60.3 Å². The Bertz CT molecular complexity index is 1140. The van der Waals surface area contributed by atoms with Gasteiger partial charge in [-0.25, -0.2) is 13.1 Å². The number of amides is 1. The van der Waals surface area contributed by atoms with Crippen molar-refractivity contribution in [2.75, 3.05) is 35.0 Å². The minimum absolute atomic E-state index is 0.0150. The summed E-state index contributed by atoms with van der Waals surface area (Å²) in [5, 5.41) is 0. The van der Waals surface area contributed by atoms with E-state index in [1.165, 1.54) is 32.3 Å². The first-order valence-corrected chi connectivity index (χ1v) is 13.5. The number of nitrogens with one attached hydrogen (secondary N) is 1. The summed E-state index contributed by atoms with van der Waals surface area (Å²) in [6, 6.07) is 8.24. The van der Waals surface area contributed by atoms with Crippen molar-refractivity contribution in [2.45, 2.75) is 56.5 Å². The summed E-state index contributed by atoms with van der Waals surface area (Å²) < 4.78 is 50.2. The first kappa shape index (κ1) is 27.6. The Labute approximate surface area is 213 Å². The number of nitrogens with zero attached hydrogens (tertiary/aromatic N) is 1. The molecule has 9 nitrogen and oxygen atoms in total. The number of methoxy groups -OCH3 is 3. The highest BCUT2D eigenvalue weighted by atomic mass is 32.2. The molecule has 1 aliphatic carbocycles. The molecule has 2 aromatic carbocycles. The lowest BCUT2D eigenvalue weighted by molar-refractivity contribution is -0.132. The minimum Gasteiger partial charge on any atom is -0.493 e. The van der Waals surface area contributed by atoms with E-state index in [0.29, 0.717) is 35.1 Å². The summed E-state index contributed by atoms with van der Waals surface area (Å²) in [6.45, 7) is 1.88. The van der Waals surface area contributed by atoms with Crippen LogP contribution in [0.3, 0.4) is 0 Å². The van der Waals surface area contributed by atoms with Crippen molar-refractivity contribution in [3.63, 3.8) is 0 Å². The van der Waals surface area contributed by atoms with Gasteiger partial charge in [0.05, 0.1) is 26.2 Å². The molecule has 0 radical (unpaired) electrons. The normalized spacial score (nSPS) is 14.2. The fourth-order valence-electron chi connectivity index (χ4n) is 4.30. The van der Waals surface area contributed by atoms with Crippen LogP contribution in [0.4, 0.5) is 0 Å². The van der Waals surface area contributed by atoms with Crippen molar-refractivity contribution < 1.29 is 32.2 Å². The molecule has 0 aliphatic heterocycles. The molecule has 1 aliphatic rings. The molecular formula is C26H36N2O7S. The van der Waals surface area contributed by atoms with Crippen molar-refractivity contribution in [1.82, 2.24) is 9.62 Å². The third kappa shape index (κ3) is 6.82. The van der Waals surface area contributed by atoms with Crippen LogP contribution < -0.4 is 23.7 Å². The third-order valence-corrected chi connectivity index (χ3v) is 7.82. The third-order valence-electron chi connectivity index (χ3n) is 6.30. The molecule has 1 amide bonds. The van der Waals surface area contributed by atoms with Crippen LogP contribution >= 0.6 is 0 Å². The van der Waals surface area contributed by atoms with Crippen molar-refractivity contribution >= 4 is 15.9 Å². The predicted octanol–water partition coefficient (Wildman–Crippen LogP) is 3.67. The van der Waals surface area contributed by atoms with Gasteiger partial charge in [-0.05, 0) is 61.2 Å². The van der Waals surface area contributed by atoms with E-state index in [9.17, 15) is 13.2 Å². The van der Waals surface area contributed by atoms with Crippen LogP contribution in [0, 0.1) is 6.92 Å². The van der Waals surface area contributed by atoms with Crippen LogP contribution in [0.15, 0.2) is 35.2 Å². The zero-order valence-corrected chi connectivity index (χ0v) is 22.4. The number of sulfonamides is 1. The second kappa shape index (κ2) is 12.3. The van der Waals surface area contributed by atoms with Gasteiger partial charge >= 0.3 is 0 Å². The lowest BCUT2D eigenvalue weighted by Crippen LogP contribution is -2.36. The second-order valence-electron chi connectivity index (χ2n) is 8.96. The van der Waals surface area contributed by atoms with Gasteiger partial charge in [0.15, 0.2) is 18.1 Å². The fourth-order valence-corrected chi connectivity index (χ4v) is 5.69. The maximum absolute atomic E-state index is 12.8. The Morgan fingerprint density at radius 1 is 0.972 bits per heavy atom. The molecule has 3 rings (SSSR count). The lowest BCUT2D eigenvalue weighted by Gasteiger charge is -2.23. The molecule has 198 valence electrons. The zero-order chi connectivity index (χ0) is 26.3. The molecule has 36 heavy (non-hydrogen) atoms. The number of carbonyl (C=O) groups excluding carboxylic acids is 1. The Morgan fingerprint density at radius 3 is 2.17 bits per heavy atom. The molecule has 0 heterocycles. The highest BCUT2D eigenvalue weighted by Gasteiger charge is 2.23. The molecule has 0 bridgehead atoms. The van der Waals surface area contributed by atoms with Crippen molar-refractivity contribution in [3.8, 4) is 23.0 Å². The average molecular weight is 521 g/mol. The number of likely N-dealkylation sites (N-methyl/N-ethyl adjacent to an activating group) is 1. The number of benzene rings is 2. The second-order valence-corrected chi connectivity index (χ2v) is 10.7. The van der Waals surface area contributed by atoms with Crippen LogP contribution in [0.5, 0.6) is 23.0 Å². The molecule has 2 aromatic rings. The molecule has 1 N–H and O–H groups in total. The van der Waals surface area contributed by atoms with Gasteiger partial charge in [0.25, 0.3) is 5.91 Å². The smallest absolute Gasteiger partial charge is 0.260 e. The molecule has 10 heteroatoms. The fraction of sp³-hybridized carbons (Fsp3) is 0.500. The van der Waals surface area contributed by atoms with Crippen molar-refractivity contribution in [1.29, 1.82) is 0 Å². The number of carbonyl (C=O) groups is 1. The molecule has 0 saturated heterocycles. The number of ether oxygens (including phenoxy) is 4. The van der Waals surface area contributed by atoms with Crippen molar-refractivity contribution in [2.24, 2.45) is 0 Å². The van der Waals surface area contributed by atoms with Crippen LogP contribution in [0.1, 0.15) is 43.2 Å². The first-order valence-electron chi connectivity index (χ1n) is 12.0. The van der Waals surface area contributed by atoms with Gasteiger partial charge in [-0.1, -0.05) is 19.3 Å². The Balaban J connectivity index is 1.61. The van der Waals surface area contributed by atoms with E-state index in [4.69, 9.17) is 18.9 Å². The predicted molar refractivity (Wildman–Crippen MR) is 136 cm³/mol. The molecule has 1 fully saturated rings. The summed E-state index contributed by atoms with van der Waals surface area (Å²) in [5.41, 5.74) is 1.44. The standard InChI is InChI=1S/C26H36N2O7S/c1-18-13-21(36(30,31)27-20-9-7-6-8-10-20)11-12-22(18)35-17-25(29)28(2)16-19-14-23(32-3)26(34-5)24(15-19)33-4/h11-15,20,27H,6-10,16-17H2,1-5H3. The van der Waals surface area contributed by atoms with E-state index in [-0.39, 0.29) is 23.5 Å². The number of aryl methyl sites for hydroxylation is 1. The maximum atomic E-state index is 12.8. The van der Waals surface area contributed by atoms with E-state index in [1.807, 2.05) is 0 Å². The van der Waals surface area contributed by atoms with Crippen LogP contribution in [0.2, 0.25) is 0 Å². The Morgan fingerprint density at radius 2 is 1.61 bits per heavy atom. The van der Waals surface area contributed by atoms with Gasteiger partial charge in [0.2, 0.25) is 15.8 Å². The van der Waals surface area contributed by atoms with Gasteiger partial charge in [0.1, 0.15) is 5.75 Å². The molecule has 0 aromatic heterocycles. The summed E-state index contributed by atoms with van der Waals surface area (Å²) in [4.78, 5) is 14.4. The number of hydrogen-bond donors (Lipinski definition) is 1. The molecule has 0 atom stereocenters. The van der Waals surface area contributed by atoms with E-state index in [1.54, 1.807) is 38.2 Å². The van der Waals surface area contributed by atoms with Gasteiger partial charge in [-0.2, -0.15) is 0 Å². The Kier molecular flexibility index (Phi) is 9.44. The SMILES string of the molecule is COc1cc(CN(C)C(=O)COc2ccc(S(=O)(=O)NC3CCCCC3)cc2C)cc(OC)c1OC. The van der Waals surface area contributed by atoms with Gasteiger partial charge in [-0.3, -0.25) is 4.79 Å². The van der Waals surface area contributed by atoms with Crippen LogP contribution in [-0.2, 0) is 21.4 Å².